The Morgan fingerprint density at radius 2 is 1.62 bits per heavy atom. The van der Waals surface area contributed by atoms with Gasteiger partial charge in [-0.05, 0) is 24.3 Å². The Bertz CT molecular complexity index is 360. The van der Waals surface area contributed by atoms with Crippen LogP contribution in [0.25, 0.3) is 0 Å². The van der Waals surface area contributed by atoms with Crippen LogP contribution in [0.2, 0.25) is 0 Å². The standard InChI is InChI=1S/C10H7NO2/c11-7-8(9-3-1-5-12-9)10-4-2-6-13-10/h1-6,8H. The fraction of sp³-hybridized carbons (Fsp3) is 0.100. The molecule has 2 heterocycles. The maximum absolute atomic E-state index is 8.90. The topological polar surface area (TPSA) is 50.1 Å². The summed E-state index contributed by atoms with van der Waals surface area (Å²) in [4.78, 5) is 0. The predicted octanol–water partition coefficient (Wildman–Crippen LogP) is 2.53. The molecule has 2 aromatic heterocycles. The second-order valence-corrected chi connectivity index (χ2v) is 2.59. The molecule has 0 fully saturated rings. The first-order valence-corrected chi connectivity index (χ1v) is 3.88. The molecule has 3 nitrogen and oxygen atoms in total. The zero-order valence-corrected chi connectivity index (χ0v) is 6.81. The molecule has 0 N–H and O–H groups in total. The fourth-order valence-electron chi connectivity index (χ4n) is 1.18. The van der Waals surface area contributed by atoms with E-state index in [0.717, 1.165) is 0 Å². The summed E-state index contributed by atoms with van der Waals surface area (Å²) in [6.07, 6.45) is 3.09. The Balaban J connectivity index is 2.36. The molecular formula is C10H7NO2. The van der Waals surface area contributed by atoms with Crippen LogP contribution in [0.15, 0.2) is 45.6 Å². The van der Waals surface area contributed by atoms with E-state index in [2.05, 4.69) is 6.07 Å². The molecule has 0 saturated carbocycles. The van der Waals surface area contributed by atoms with Crippen molar-refractivity contribution in [1.29, 1.82) is 5.26 Å². The summed E-state index contributed by atoms with van der Waals surface area (Å²) in [6, 6.07) is 9.15. The predicted molar refractivity (Wildman–Crippen MR) is 44.9 cm³/mol. The minimum Gasteiger partial charge on any atom is -0.467 e. The maximum Gasteiger partial charge on any atom is 0.162 e. The van der Waals surface area contributed by atoms with Gasteiger partial charge in [-0.2, -0.15) is 5.26 Å². The Hall–Kier alpha value is -1.95. The van der Waals surface area contributed by atoms with Gasteiger partial charge in [0.05, 0.1) is 18.6 Å². The molecule has 0 aliphatic heterocycles. The first-order valence-electron chi connectivity index (χ1n) is 3.88. The van der Waals surface area contributed by atoms with Gasteiger partial charge in [-0.3, -0.25) is 0 Å². The summed E-state index contributed by atoms with van der Waals surface area (Å²) in [5.41, 5.74) is 0. The Labute approximate surface area is 75.2 Å². The molecule has 0 bridgehead atoms. The SMILES string of the molecule is N#CC(c1ccco1)c1ccco1. The van der Waals surface area contributed by atoms with E-state index in [1.54, 1.807) is 36.8 Å². The largest absolute Gasteiger partial charge is 0.467 e. The molecule has 13 heavy (non-hydrogen) atoms. The number of nitriles is 1. The monoisotopic (exact) mass is 173 g/mol. The molecule has 0 saturated heterocycles. The number of hydrogen-bond donors (Lipinski definition) is 0. The van der Waals surface area contributed by atoms with Gasteiger partial charge >= 0.3 is 0 Å². The van der Waals surface area contributed by atoms with Gasteiger partial charge < -0.3 is 8.83 Å². The Kier molecular flexibility index (Phi) is 1.89. The number of furan rings is 2. The van der Waals surface area contributed by atoms with Crippen molar-refractivity contribution in [2.75, 3.05) is 0 Å². The first-order chi connectivity index (χ1) is 6.42. The molecule has 0 atom stereocenters. The van der Waals surface area contributed by atoms with Crippen LogP contribution in [0.4, 0.5) is 0 Å². The van der Waals surface area contributed by atoms with Crippen LogP contribution in [0.3, 0.4) is 0 Å². The third-order valence-corrected chi connectivity index (χ3v) is 1.78. The van der Waals surface area contributed by atoms with Crippen molar-refractivity contribution in [2.24, 2.45) is 0 Å². The molecule has 0 unspecified atom stereocenters. The first kappa shape index (κ1) is 7.69. The third kappa shape index (κ3) is 1.34. The lowest BCUT2D eigenvalue weighted by atomic mass is 10.1. The van der Waals surface area contributed by atoms with E-state index < -0.39 is 5.92 Å². The van der Waals surface area contributed by atoms with E-state index in [1.165, 1.54) is 0 Å². The molecule has 0 amide bonds. The average molecular weight is 173 g/mol. The van der Waals surface area contributed by atoms with E-state index in [9.17, 15) is 0 Å². The van der Waals surface area contributed by atoms with Crippen LogP contribution in [-0.4, -0.2) is 0 Å². The minimum absolute atomic E-state index is 0.440. The van der Waals surface area contributed by atoms with Crippen molar-refractivity contribution in [3.63, 3.8) is 0 Å². The molecule has 0 aliphatic carbocycles. The zero-order chi connectivity index (χ0) is 9.10. The van der Waals surface area contributed by atoms with Crippen LogP contribution < -0.4 is 0 Å². The second-order valence-electron chi connectivity index (χ2n) is 2.59. The van der Waals surface area contributed by atoms with E-state index in [4.69, 9.17) is 14.1 Å². The molecule has 3 heteroatoms. The highest BCUT2D eigenvalue weighted by molar-refractivity contribution is 5.26. The van der Waals surface area contributed by atoms with Crippen molar-refractivity contribution in [1.82, 2.24) is 0 Å². The number of hydrogen-bond acceptors (Lipinski definition) is 3. The molecule has 2 aromatic rings. The molecule has 0 radical (unpaired) electrons. The van der Waals surface area contributed by atoms with Crippen LogP contribution in [-0.2, 0) is 0 Å². The van der Waals surface area contributed by atoms with Crippen molar-refractivity contribution in [2.45, 2.75) is 5.92 Å². The third-order valence-electron chi connectivity index (χ3n) is 1.78. The van der Waals surface area contributed by atoms with Gasteiger partial charge in [0, 0.05) is 0 Å². The van der Waals surface area contributed by atoms with E-state index >= 15 is 0 Å². The van der Waals surface area contributed by atoms with Gasteiger partial charge in [0.25, 0.3) is 0 Å². The van der Waals surface area contributed by atoms with E-state index in [0.29, 0.717) is 11.5 Å². The van der Waals surface area contributed by atoms with Gasteiger partial charge in [0.15, 0.2) is 5.92 Å². The van der Waals surface area contributed by atoms with Gasteiger partial charge in [-0.15, -0.1) is 0 Å². The summed E-state index contributed by atoms with van der Waals surface area (Å²) < 4.78 is 10.3. The lowest BCUT2D eigenvalue weighted by Gasteiger charge is -2.00. The summed E-state index contributed by atoms with van der Waals surface area (Å²) in [6.45, 7) is 0. The van der Waals surface area contributed by atoms with Gasteiger partial charge in [0.2, 0.25) is 0 Å². The summed E-state index contributed by atoms with van der Waals surface area (Å²) in [7, 11) is 0. The van der Waals surface area contributed by atoms with Gasteiger partial charge in [-0.1, -0.05) is 0 Å². The molecule has 0 aromatic carbocycles. The molecule has 64 valence electrons. The maximum atomic E-state index is 8.90. The van der Waals surface area contributed by atoms with Crippen LogP contribution in [0.1, 0.15) is 17.4 Å². The number of rotatable bonds is 2. The van der Waals surface area contributed by atoms with Crippen molar-refractivity contribution < 1.29 is 8.83 Å². The lowest BCUT2D eigenvalue weighted by Crippen LogP contribution is -1.93. The Morgan fingerprint density at radius 1 is 1.08 bits per heavy atom. The van der Waals surface area contributed by atoms with Gasteiger partial charge in [0.1, 0.15) is 11.5 Å². The van der Waals surface area contributed by atoms with Gasteiger partial charge in [-0.25, -0.2) is 0 Å². The average Bonchev–Trinajstić information content (AvgIpc) is 2.76. The summed E-state index contributed by atoms with van der Waals surface area (Å²) in [5, 5.41) is 8.90. The smallest absolute Gasteiger partial charge is 0.162 e. The van der Waals surface area contributed by atoms with Crippen LogP contribution in [0, 0.1) is 11.3 Å². The highest BCUT2D eigenvalue weighted by Crippen LogP contribution is 2.24. The van der Waals surface area contributed by atoms with Crippen molar-refractivity contribution in [3.05, 3.63) is 48.3 Å². The van der Waals surface area contributed by atoms with Crippen LogP contribution in [0.5, 0.6) is 0 Å². The summed E-state index contributed by atoms with van der Waals surface area (Å²) >= 11 is 0. The normalized spacial score (nSPS) is 10.2. The quantitative estimate of drug-likeness (QED) is 0.701. The molecular weight excluding hydrogens is 166 g/mol. The van der Waals surface area contributed by atoms with E-state index in [-0.39, 0.29) is 0 Å². The number of nitrogens with zero attached hydrogens (tertiary/aromatic N) is 1. The van der Waals surface area contributed by atoms with E-state index in [1.807, 2.05) is 0 Å². The summed E-state index contributed by atoms with van der Waals surface area (Å²) in [5.74, 6) is 0.778. The molecule has 0 spiro atoms. The highest BCUT2D eigenvalue weighted by Gasteiger charge is 2.18. The molecule has 0 aliphatic rings. The minimum atomic E-state index is -0.440. The molecule has 2 rings (SSSR count). The zero-order valence-electron chi connectivity index (χ0n) is 6.81. The van der Waals surface area contributed by atoms with Crippen molar-refractivity contribution >= 4 is 0 Å². The lowest BCUT2D eigenvalue weighted by molar-refractivity contribution is 0.457. The Morgan fingerprint density at radius 3 is 1.92 bits per heavy atom. The van der Waals surface area contributed by atoms with Crippen molar-refractivity contribution in [3.8, 4) is 6.07 Å². The fourth-order valence-corrected chi connectivity index (χ4v) is 1.18. The second kappa shape index (κ2) is 3.20. The van der Waals surface area contributed by atoms with Crippen LogP contribution >= 0.6 is 0 Å². The highest BCUT2D eigenvalue weighted by atomic mass is 16.3.